The molecule has 100 valence electrons. The molecule has 1 N–H and O–H groups in total. The van der Waals surface area contributed by atoms with Crippen LogP contribution in [0.15, 0.2) is 42.6 Å². The van der Waals surface area contributed by atoms with E-state index in [1.165, 1.54) is 30.3 Å². The minimum Gasteiger partial charge on any atom is -0.360 e. The molecule has 0 saturated carbocycles. The van der Waals surface area contributed by atoms with Gasteiger partial charge in [-0.25, -0.2) is 8.78 Å². The summed E-state index contributed by atoms with van der Waals surface area (Å²) in [6.07, 6.45) is 1.55. The largest absolute Gasteiger partial charge is 0.360 e. The van der Waals surface area contributed by atoms with Gasteiger partial charge in [-0.2, -0.15) is 0 Å². The molecule has 0 spiro atoms. The van der Waals surface area contributed by atoms with Crippen LogP contribution in [0.2, 0.25) is 0 Å². The number of fused-ring (bicyclic) bond motifs is 1. The Hall–Kier alpha value is -2.49. The summed E-state index contributed by atoms with van der Waals surface area (Å²) < 4.78 is 26.4. The van der Waals surface area contributed by atoms with E-state index in [0.29, 0.717) is 27.6 Å². The third-order valence-electron chi connectivity index (χ3n) is 3.32. The van der Waals surface area contributed by atoms with Gasteiger partial charge < -0.3 is 4.98 Å². The number of halogens is 2. The summed E-state index contributed by atoms with van der Waals surface area (Å²) in [5.41, 5.74) is 2.04. The monoisotopic (exact) mass is 271 g/mol. The maximum atomic E-state index is 13.3. The average molecular weight is 271 g/mol. The van der Waals surface area contributed by atoms with E-state index in [1.54, 1.807) is 19.2 Å². The fraction of sp³-hybridized carbons (Fsp3) is 0.0625. The van der Waals surface area contributed by atoms with Gasteiger partial charge in [0.2, 0.25) is 0 Å². The molecule has 3 rings (SSSR count). The smallest absolute Gasteiger partial charge is 0.195 e. The lowest BCUT2D eigenvalue weighted by Gasteiger charge is -2.04. The van der Waals surface area contributed by atoms with E-state index < -0.39 is 5.82 Å². The minimum atomic E-state index is -0.401. The van der Waals surface area contributed by atoms with Crippen LogP contribution >= 0.6 is 0 Å². The molecule has 1 aromatic heterocycles. The van der Waals surface area contributed by atoms with Crippen LogP contribution in [0, 0.1) is 18.6 Å². The zero-order valence-corrected chi connectivity index (χ0v) is 10.7. The van der Waals surface area contributed by atoms with Gasteiger partial charge in [-0.15, -0.1) is 0 Å². The Morgan fingerprint density at radius 1 is 1.00 bits per heavy atom. The van der Waals surface area contributed by atoms with Gasteiger partial charge in [0.05, 0.1) is 0 Å². The first-order valence-electron chi connectivity index (χ1n) is 6.14. The normalized spacial score (nSPS) is 10.9. The molecule has 0 bridgehead atoms. The van der Waals surface area contributed by atoms with Crippen molar-refractivity contribution < 1.29 is 13.6 Å². The first kappa shape index (κ1) is 12.5. The van der Waals surface area contributed by atoms with Crippen LogP contribution in [0.5, 0.6) is 0 Å². The number of nitrogens with one attached hydrogen (secondary N) is 1. The Morgan fingerprint density at radius 2 is 1.70 bits per heavy atom. The second-order valence-corrected chi connectivity index (χ2v) is 4.68. The molecule has 1 heterocycles. The number of aromatic amines is 1. The van der Waals surface area contributed by atoms with Crippen molar-refractivity contribution in [2.24, 2.45) is 0 Å². The number of hydrogen-bond donors (Lipinski definition) is 1. The number of carbonyl (C=O) groups excluding carboxylic acids is 1. The van der Waals surface area contributed by atoms with Crippen LogP contribution in [0.25, 0.3) is 10.9 Å². The molecule has 0 radical (unpaired) electrons. The van der Waals surface area contributed by atoms with E-state index in [0.717, 1.165) is 0 Å². The zero-order chi connectivity index (χ0) is 14.3. The number of H-pyrrole nitrogens is 1. The van der Waals surface area contributed by atoms with Gasteiger partial charge in [-0.1, -0.05) is 0 Å². The second kappa shape index (κ2) is 4.56. The first-order valence-corrected chi connectivity index (χ1v) is 6.14. The van der Waals surface area contributed by atoms with E-state index >= 15 is 0 Å². The van der Waals surface area contributed by atoms with Gasteiger partial charge >= 0.3 is 0 Å². The maximum Gasteiger partial charge on any atom is 0.195 e. The topological polar surface area (TPSA) is 32.9 Å². The molecule has 2 nitrogen and oxygen atoms in total. The number of ketones is 1. The van der Waals surface area contributed by atoms with Crippen LogP contribution in [0.3, 0.4) is 0 Å². The molecule has 0 fully saturated rings. The van der Waals surface area contributed by atoms with E-state index in [4.69, 9.17) is 0 Å². The molecular weight excluding hydrogens is 260 g/mol. The molecule has 2 aromatic carbocycles. The average Bonchev–Trinajstić information content (AvgIpc) is 2.81. The summed E-state index contributed by atoms with van der Waals surface area (Å²) in [6, 6.07) is 8.23. The Labute approximate surface area is 114 Å². The van der Waals surface area contributed by atoms with Gasteiger partial charge in [-0.05, 0) is 48.9 Å². The van der Waals surface area contributed by atoms with Crippen molar-refractivity contribution in [3.05, 3.63) is 70.9 Å². The predicted molar refractivity (Wildman–Crippen MR) is 72.8 cm³/mol. The number of rotatable bonds is 2. The van der Waals surface area contributed by atoms with Gasteiger partial charge in [-0.3, -0.25) is 4.79 Å². The van der Waals surface area contributed by atoms with E-state index in [1.807, 2.05) is 0 Å². The number of aromatic nitrogens is 1. The highest BCUT2D eigenvalue weighted by Crippen LogP contribution is 2.23. The van der Waals surface area contributed by atoms with E-state index in [9.17, 15) is 13.6 Å². The van der Waals surface area contributed by atoms with Gasteiger partial charge in [0.1, 0.15) is 11.6 Å². The lowest BCUT2D eigenvalue weighted by molar-refractivity contribution is 0.103. The number of aryl methyl sites for hydroxylation is 1. The lowest BCUT2D eigenvalue weighted by Crippen LogP contribution is -2.03. The molecule has 0 unspecified atom stereocenters. The number of hydrogen-bond acceptors (Lipinski definition) is 1. The highest BCUT2D eigenvalue weighted by Gasteiger charge is 2.16. The van der Waals surface area contributed by atoms with Crippen LogP contribution in [0.1, 0.15) is 21.5 Å². The molecule has 0 saturated heterocycles. The van der Waals surface area contributed by atoms with Gasteiger partial charge in [0.25, 0.3) is 0 Å². The fourth-order valence-electron chi connectivity index (χ4n) is 2.31. The van der Waals surface area contributed by atoms with Crippen molar-refractivity contribution in [1.29, 1.82) is 0 Å². The Bertz CT molecular complexity index is 820. The number of carbonyl (C=O) groups is 1. The molecule has 0 aliphatic rings. The quantitative estimate of drug-likeness (QED) is 0.702. The minimum absolute atomic E-state index is 0.251. The molecule has 0 aliphatic carbocycles. The fourth-order valence-corrected chi connectivity index (χ4v) is 2.31. The zero-order valence-electron chi connectivity index (χ0n) is 10.7. The van der Waals surface area contributed by atoms with Crippen LogP contribution in [-0.2, 0) is 0 Å². The lowest BCUT2D eigenvalue weighted by atomic mass is 9.98. The highest BCUT2D eigenvalue weighted by atomic mass is 19.1. The molecule has 20 heavy (non-hydrogen) atoms. The highest BCUT2D eigenvalue weighted by molar-refractivity contribution is 6.16. The summed E-state index contributed by atoms with van der Waals surface area (Å²) in [6.45, 7) is 1.67. The molecule has 3 aromatic rings. The van der Waals surface area contributed by atoms with Crippen molar-refractivity contribution in [1.82, 2.24) is 4.98 Å². The summed E-state index contributed by atoms with van der Waals surface area (Å²) in [5, 5.41) is 0.527. The second-order valence-electron chi connectivity index (χ2n) is 4.68. The SMILES string of the molecule is Cc1cc(F)ccc1C(=O)c1c[nH]c2ccc(F)cc12. The van der Waals surface area contributed by atoms with E-state index in [-0.39, 0.29) is 11.6 Å². The molecule has 0 aliphatic heterocycles. The third-order valence-corrected chi connectivity index (χ3v) is 3.32. The van der Waals surface area contributed by atoms with Crippen molar-refractivity contribution >= 4 is 16.7 Å². The Morgan fingerprint density at radius 3 is 2.45 bits per heavy atom. The van der Waals surface area contributed by atoms with Crippen LogP contribution in [-0.4, -0.2) is 10.8 Å². The Balaban J connectivity index is 2.15. The summed E-state index contributed by atoms with van der Waals surface area (Å²) in [7, 11) is 0. The third kappa shape index (κ3) is 1.99. The molecule has 4 heteroatoms. The van der Waals surface area contributed by atoms with Crippen molar-refractivity contribution in [2.45, 2.75) is 6.92 Å². The predicted octanol–water partition coefficient (Wildman–Crippen LogP) is 3.99. The van der Waals surface area contributed by atoms with Crippen LogP contribution < -0.4 is 0 Å². The number of benzene rings is 2. The van der Waals surface area contributed by atoms with Crippen molar-refractivity contribution in [3.63, 3.8) is 0 Å². The Kier molecular flexibility index (Phi) is 2.86. The molecule has 0 atom stereocenters. The van der Waals surface area contributed by atoms with Gasteiger partial charge in [0, 0.05) is 28.2 Å². The summed E-state index contributed by atoms with van der Waals surface area (Å²) in [4.78, 5) is 15.4. The molecular formula is C16H11F2NO. The van der Waals surface area contributed by atoms with E-state index in [2.05, 4.69) is 4.98 Å². The maximum absolute atomic E-state index is 13.3. The summed E-state index contributed by atoms with van der Waals surface area (Å²) >= 11 is 0. The van der Waals surface area contributed by atoms with Crippen LogP contribution in [0.4, 0.5) is 8.78 Å². The standard InChI is InChI=1S/C16H11F2NO/c1-9-6-10(17)2-4-12(9)16(20)14-8-19-15-5-3-11(18)7-13(14)15/h2-8,19H,1H3. The van der Waals surface area contributed by atoms with Crippen molar-refractivity contribution in [3.8, 4) is 0 Å². The van der Waals surface area contributed by atoms with Crippen molar-refractivity contribution in [2.75, 3.05) is 0 Å². The summed E-state index contributed by atoms with van der Waals surface area (Å²) in [5.74, 6) is -1.04. The molecule has 0 amide bonds. The first-order chi connectivity index (χ1) is 9.56. The van der Waals surface area contributed by atoms with Gasteiger partial charge in [0.15, 0.2) is 5.78 Å².